The van der Waals surface area contributed by atoms with E-state index >= 15 is 0 Å². The van der Waals surface area contributed by atoms with Crippen LogP contribution in [0.2, 0.25) is 0 Å². The Kier molecular flexibility index (Phi) is 4.30. The Morgan fingerprint density at radius 2 is 2.11 bits per heavy atom. The normalized spacial score (nSPS) is 14.8. The molecule has 0 aliphatic carbocycles. The lowest BCUT2D eigenvalue weighted by Gasteiger charge is -2.27. The van der Waals surface area contributed by atoms with Gasteiger partial charge in [0.1, 0.15) is 0 Å². The van der Waals surface area contributed by atoms with Gasteiger partial charge in [-0.25, -0.2) is 0 Å². The number of benzene rings is 1. The first-order chi connectivity index (χ1) is 9.09. The van der Waals surface area contributed by atoms with Crippen molar-refractivity contribution >= 4 is 11.6 Å². The molecule has 0 fully saturated rings. The maximum atomic E-state index is 4.46. The third-order valence-electron chi connectivity index (χ3n) is 3.64. The fraction of sp³-hybridized carbons (Fsp3) is 0.533. The van der Waals surface area contributed by atoms with Crippen LogP contribution in [0.25, 0.3) is 0 Å². The van der Waals surface area contributed by atoms with E-state index in [0.29, 0.717) is 6.04 Å². The van der Waals surface area contributed by atoms with Gasteiger partial charge in [0, 0.05) is 38.9 Å². The van der Waals surface area contributed by atoms with E-state index in [0.717, 1.165) is 25.6 Å². The third-order valence-corrected chi connectivity index (χ3v) is 3.64. The summed E-state index contributed by atoms with van der Waals surface area (Å²) < 4.78 is 0. The van der Waals surface area contributed by atoms with Gasteiger partial charge in [-0.1, -0.05) is 18.2 Å². The van der Waals surface area contributed by atoms with Crippen LogP contribution in [0.3, 0.4) is 0 Å². The molecule has 0 saturated heterocycles. The van der Waals surface area contributed by atoms with E-state index in [2.05, 4.69) is 72.3 Å². The van der Waals surface area contributed by atoms with Crippen LogP contribution < -0.4 is 10.2 Å². The van der Waals surface area contributed by atoms with Gasteiger partial charge in [0.25, 0.3) is 0 Å². The summed E-state index contributed by atoms with van der Waals surface area (Å²) in [6, 6.07) is 9.03. The van der Waals surface area contributed by atoms with Gasteiger partial charge in [-0.3, -0.25) is 4.99 Å². The highest BCUT2D eigenvalue weighted by atomic mass is 15.3. The van der Waals surface area contributed by atoms with Crippen molar-refractivity contribution in [2.45, 2.75) is 26.4 Å². The van der Waals surface area contributed by atoms with Crippen molar-refractivity contribution in [2.24, 2.45) is 4.99 Å². The number of hydrogen-bond donors (Lipinski definition) is 1. The average Bonchev–Trinajstić information content (AvgIpc) is 2.81. The van der Waals surface area contributed by atoms with Gasteiger partial charge in [-0.05, 0) is 25.5 Å². The number of hydrogen-bond acceptors (Lipinski definition) is 4. The molecule has 0 atom stereocenters. The molecule has 19 heavy (non-hydrogen) atoms. The molecule has 1 aromatic rings. The second-order valence-electron chi connectivity index (χ2n) is 5.31. The van der Waals surface area contributed by atoms with Crippen LogP contribution in [0.15, 0.2) is 29.3 Å². The van der Waals surface area contributed by atoms with Crippen molar-refractivity contribution in [3.63, 3.8) is 0 Å². The summed E-state index contributed by atoms with van der Waals surface area (Å²) in [5.41, 5.74) is 2.59. The van der Waals surface area contributed by atoms with E-state index < -0.39 is 0 Å². The van der Waals surface area contributed by atoms with Crippen molar-refractivity contribution in [1.82, 2.24) is 10.2 Å². The number of guanidine groups is 1. The molecule has 104 valence electrons. The molecule has 2 rings (SSSR count). The highest BCUT2D eigenvalue weighted by Crippen LogP contribution is 2.20. The van der Waals surface area contributed by atoms with E-state index in [-0.39, 0.29) is 0 Å². The number of anilines is 1. The molecule has 0 amide bonds. The molecule has 0 aromatic heterocycles. The van der Waals surface area contributed by atoms with Crippen LogP contribution in [-0.4, -0.2) is 44.1 Å². The van der Waals surface area contributed by atoms with Gasteiger partial charge >= 0.3 is 0 Å². The predicted octanol–water partition coefficient (Wildman–Crippen LogP) is 1.92. The number of para-hydroxylation sites is 1. The zero-order valence-corrected chi connectivity index (χ0v) is 12.3. The minimum absolute atomic E-state index is 0.493. The van der Waals surface area contributed by atoms with E-state index in [9.17, 15) is 0 Å². The van der Waals surface area contributed by atoms with Gasteiger partial charge in [-0.2, -0.15) is 0 Å². The zero-order chi connectivity index (χ0) is 13.8. The first-order valence-electron chi connectivity index (χ1n) is 6.90. The summed E-state index contributed by atoms with van der Waals surface area (Å²) in [5, 5.41) is 3.43. The summed E-state index contributed by atoms with van der Waals surface area (Å²) in [7, 11) is 4.22. The van der Waals surface area contributed by atoms with Crippen molar-refractivity contribution in [2.75, 3.05) is 32.1 Å². The SMILES string of the molecule is CC(C)N(C)c1ccccc1CNC1=NCCN1C. The minimum atomic E-state index is 0.493. The zero-order valence-electron chi connectivity index (χ0n) is 12.3. The molecule has 4 nitrogen and oxygen atoms in total. The molecule has 4 heteroatoms. The Morgan fingerprint density at radius 1 is 1.37 bits per heavy atom. The highest BCUT2D eigenvalue weighted by Gasteiger charge is 2.13. The predicted molar refractivity (Wildman–Crippen MR) is 81.8 cm³/mol. The van der Waals surface area contributed by atoms with Gasteiger partial charge in [0.15, 0.2) is 5.96 Å². The standard InChI is InChI=1S/C15H24N4/c1-12(2)19(4)14-8-6-5-7-13(14)11-17-15-16-9-10-18(15)3/h5-8,12H,9-11H2,1-4H3,(H,16,17). The number of nitrogens with zero attached hydrogens (tertiary/aromatic N) is 3. The van der Waals surface area contributed by atoms with Crippen molar-refractivity contribution in [1.29, 1.82) is 0 Å². The second-order valence-corrected chi connectivity index (χ2v) is 5.31. The third kappa shape index (κ3) is 3.19. The highest BCUT2D eigenvalue weighted by molar-refractivity contribution is 5.81. The lowest BCUT2D eigenvalue weighted by molar-refractivity contribution is 0.534. The molecule has 0 saturated carbocycles. The summed E-state index contributed by atoms with van der Waals surface area (Å²) in [5.74, 6) is 1.00. The van der Waals surface area contributed by atoms with Crippen LogP contribution in [0, 0.1) is 0 Å². The molecule has 1 heterocycles. The minimum Gasteiger partial charge on any atom is -0.372 e. The van der Waals surface area contributed by atoms with Gasteiger partial charge < -0.3 is 15.1 Å². The Labute approximate surface area is 116 Å². The fourth-order valence-electron chi connectivity index (χ4n) is 2.18. The molecule has 1 aliphatic rings. The van der Waals surface area contributed by atoms with Crippen LogP contribution in [0.1, 0.15) is 19.4 Å². The monoisotopic (exact) mass is 260 g/mol. The molecule has 1 aliphatic heterocycles. The van der Waals surface area contributed by atoms with Crippen LogP contribution in [-0.2, 0) is 6.54 Å². The fourth-order valence-corrected chi connectivity index (χ4v) is 2.18. The Balaban J connectivity index is 2.08. The number of likely N-dealkylation sites (N-methyl/N-ethyl adjacent to an activating group) is 1. The van der Waals surface area contributed by atoms with Crippen molar-refractivity contribution in [3.8, 4) is 0 Å². The molecule has 1 aromatic carbocycles. The Morgan fingerprint density at radius 3 is 2.74 bits per heavy atom. The van der Waals surface area contributed by atoms with Crippen LogP contribution in [0.5, 0.6) is 0 Å². The lowest BCUT2D eigenvalue weighted by Crippen LogP contribution is -2.35. The number of aliphatic imine (C=N–C) groups is 1. The molecular formula is C15H24N4. The van der Waals surface area contributed by atoms with Crippen LogP contribution >= 0.6 is 0 Å². The first-order valence-corrected chi connectivity index (χ1v) is 6.90. The van der Waals surface area contributed by atoms with E-state index in [1.54, 1.807) is 0 Å². The van der Waals surface area contributed by atoms with Crippen molar-refractivity contribution < 1.29 is 0 Å². The smallest absolute Gasteiger partial charge is 0.194 e. The van der Waals surface area contributed by atoms with E-state index in [1.807, 2.05) is 0 Å². The molecule has 0 radical (unpaired) electrons. The van der Waals surface area contributed by atoms with Crippen molar-refractivity contribution in [3.05, 3.63) is 29.8 Å². The Hall–Kier alpha value is -1.71. The first kappa shape index (κ1) is 13.7. The Bertz CT molecular complexity index is 453. The molecule has 0 bridgehead atoms. The quantitative estimate of drug-likeness (QED) is 0.897. The summed E-state index contributed by atoms with van der Waals surface area (Å²) >= 11 is 0. The second kappa shape index (κ2) is 5.95. The number of rotatable bonds is 4. The van der Waals surface area contributed by atoms with Gasteiger partial charge in [0.2, 0.25) is 0 Å². The summed E-state index contributed by atoms with van der Waals surface area (Å²) in [6.07, 6.45) is 0. The summed E-state index contributed by atoms with van der Waals surface area (Å²) in [4.78, 5) is 8.92. The largest absolute Gasteiger partial charge is 0.372 e. The topological polar surface area (TPSA) is 30.9 Å². The molecule has 0 spiro atoms. The van der Waals surface area contributed by atoms with Gasteiger partial charge in [0.05, 0.1) is 6.54 Å². The molecule has 0 unspecified atom stereocenters. The van der Waals surface area contributed by atoms with Gasteiger partial charge in [-0.15, -0.1) is 0 Å². The molecular weight excluding hydrogens is 236 g/mol. The lowest BCUT2D eigenvalue weighted by atomic mass is 10.1. The van der Waals surface area contributed by atoms with E-state index in [4.69, 9.17) is 0 Å². The maximum absolute atomic E-state index is 4.46. The number of nitrogens with one attached hydrogen (secondary N) is 1. The molecule has 1 N–H and O–H groups in total. The van der Waals surface area contributed by atoms with E-state index in [1.165, 1.54) is 11.3 Å². The van der Waals surface area contributed by atoms with Crippen LogP contribution in [0.4, 0.5) is 5.69 Å². The summed E-state index contributed by atoms with van der Waals surface area (Å²) in [6.45, 7) is 7.14. The average molecular weight is 260 g/mol. The maximum Gasteiger partial charge on any atom is 0.194 e.